The van der Waals surface area contributed by atoms with E-state index >= 15 is 0 Å². The maximum atomic E-state index is 13.2. The number of benzene rings is 1. The first kappa shape index (κ1) is 14.7. The second-order valence-electron chi connectivity index (χ2n) is 5.17. The Morgan fingerprint density at radius 1 is 1.24 bits per heavy atom. The molecule has 1 aromatic rings. The van der Waals surface area contributed by atoms with Crippen LogP contribution in [0.25, 0.3) is 0 Å². The van der Waals surface area contributed by atoms with E-state index in [1.54, 1.807) is 6.07 Å². The van der Waals surface area contributed by atoms with Gasteiger partial charge in [0.2, 0.25) is 0 Å². The van der Waals surface area contributed by atoms with Crippen LogP contribution in [0.15, 0.2) is 22.7 Å². The van der Waals surface area contributed by atoms with Gasteiger partial charge in [-0.3, -0.25) is 4.90 Å². The van der Waals surface area contributed by atoms with Gasteiger partial charge in [-0.15, -0.1) is 0 Å². The monoisotopic (exact) mass is 301 g/mol. The minimum absolute atomic E-state index is 0.181. The molecule has 1 nitrogen and oxygen atoms in total. The van der Waals surface area contributed by atoms with Gasteiger partial charge in [0.05, 0.1) is 0 Å². The van der Waals surface area contributed by atoms with Crippen LogP contribution in [0.4, 0.5) is 4.39 Å². The number of hydrogen-bond acceptors (Lipinski definition) is 1. The van der Waals surface area contributed by atoms with Crippen molar-refractivity contribution in [1.82, 2.24) is 4.90 Å². The quantitative estimate of drug-likeness (QED) is 0.776. The molecule has 0 saturated carbocycles. The van der Waals surface area contributed by atoms with Crippen molar-refractivity contribution in [2.75, 3.05) is 7.05 Å². The average Bonchev–Trinajstić information content (AvgIpc) is 2.14. The highest BCUT2D eigenvalue weighted by Gasteiger charge is 2.12. The molecule has 3 heteroatoms. The summed E-state index contributed by atoms with van der Waals surface area (Å²) in [5.74, 6) is 0.506. The predicted molar refractivity (Wildman–Crippen MR) is 74.5 cm³/mol. The molecule has 0 fully saturated rings. The SMILES string of the molecule is CC(C)CC(C)N(C)Cc1cc(F)cc(Br)c1. The van der Waals surface area contributed by atoms with Crippen molar-refractivity contribution in [3.05, 3.63) is 34.1 Å². The highest BCUT2D eigenvalue weighted by molar-refractivity contribution is 9.10. The summed E-state index contributed by atoms with van der Waals surface area (Å²) in [4.78, 5) is 2.27. The van der Waals surface area contributed by atoms with E-state index in [9.17, 15) is 4.39 Å². The van der Waals surface area contributed by atoms with Crippen molar-refractivity contribution >= 4 is 15.9 Å². The Labute approximate surface area is 112 Å². The molecule has 0 heterocycles. The van der Waals surface area contributed by atoms with E-state index in [2.05, 4.69) is 48.6 Å². The Hall–Kier alpha value is -0.410. The van der Waals surface area contributed by atoms with Crippen molar-refractivity contribution in [3.63, 3.8) is 0 Å². The lowest BCUT2D eigenvalue weighted by Gasteiger charge is -2.26. The zero-order valence-electron chi connectivity index (χ0n) is 11.0. The molecule has 1 aromatic carbocycles. The molecule has 17 heavy (non-hydrogen) atoms. The van der Waals surface area contributed by atoms with Gasteiger partial charge < -0.3 is 0 Å². The Bertz CT molecular complexity index is 345. The molecule has 0 amide bonds. The summed E-state index contributed by atoms with van der Waals surface area (Å²) in [6.07, 6.45) is 1.16. The van der Waals surface area contributed by atoms with Crippen LogP contribution in [0.2, 0.25) is 0 Å². The summed E-state index contributed by atoms with van der Waals surface area (Å²) in [6.45, 7) is 7.45. The second kappa shape index (κ2) is 6.50. The van der Waals surface area contributed by atoms with E-state index < -0.39 is 0 Å². The van der Waals surface area contributed by atoms with Gasteiger partial charge in [-0.2, -0.15) is 0 Å². The fraction of sp³-hybridized carbons (Fsp3) is 0.571. The standard InChI is InChI=1S/C14H21BrFN/c1-10(2)5-11(3)17(4)9-12-6-13(15)8-14(16)7-12/h6-8,10-11H,5,9H2,1-4H3. The van der Waals surface area contributed by atoms with Gasteiger partial charge in [0, 0.05) is 17.1 Å². The minimum Gasteiger partial charge on any atom is -0.299 e. The first-order chi connectivity index (χ1) is 7.88. The minimum atomic E-state index is -0.181. The van der Waals surface area contributed by atoms with Gasteiger partial charge in [-0.05, 0) is 50.1 Å². The topological polar surface area (TPSA) is 3.24 Å². The summed E-state index contributed by atoms with van der Waals surface area (Å²) in [5, 5.41) is 0. The van der Waals surface area contributed by atoms with Crippen molar-refractivity contribution in [2.45, 2.75) is 39.8 Å². The molecule has 0 N–H and O–H groups in total. The molecule has 0 aliphatic carbocycles. The van der Waals surface area contributed by atoms with Crippen LogP contribution < -0.4 is 0 Å². The average molecular weight is 302 g/mol. The van der Waals surface area contributed by atoms with Crippen LogP contribution in [0.5, 0.6) is 0 Å². The number of hydrogen-bond donors (Lipinski definition) is 0. The Balaban J connectivity index is 2.63. The van der Waals surface area contributed by atoms with E-state index in [1.807, 2.05) is 6.07 Å². The molecule has 0 aliphatic rings. The van der Waals surface area contributed by atoms with Crippen LogP contribution in [-0.2, 0) is 6.54 Å². The molecule has 0 bridgehead atoms. The normalized spacial score (nSPS) is 13.4. The maximum Gasteiger partial charge on any atom is 0.124 e. The lowest BCUT2D eigenvalue weighted by molar-refractivity contribution is 0.220. The largest absolute Gasteiger partial charge is 0.299 e. The number of rotatable bonds is 5. The van der Waals surface area contributed by atoms with Gasteiger partial charge in [0.15, 0.2) is 0 Å². The van der Waals surface area contributed by atoms with Gasteiger partial charge in [0.25, 0.3) is 0 Å². The summed E-state index contributed by atoms with van der Waals surface area (Å²) in [7, 11) is 2.09. The Kier molecular flexibility index (Phi) is 5.60. The molecule has 1 atom stereocenters. The highest BCUT2D eigenvalue weighted by atomic mass is 79.9. The summed E-state index contributed by atoms with van der Waals surface area (Å²) in [5.41, 5.74) is 1.01. The molecule has 0 radical (unpaired) electrons. The molecule has 1 unspecified atom stereocenters. The Morgan fingerprint density at radius 3 is 2.41 bits per heavy atom. The van der Waals surface area contributed by atoms with Gasteiger partial charge in [-0.25, -0.2) is 4.39 Å². The predicted octanol–water partition coefficient (Wildman–Crippen LogP) is 4.45. The van der Waals surface area contributed by atoms with Crippen molar-refractivity contribution in [1.29, 1.82) is 0 Å². The molecule has 96 valence electrons. The molecule has 0 aromatic heterocycles. The molecular formula is C14H21BrFN. The lowest BCUT2D eigenvalue weighted by Crippen LogP contribution is -2.29. The van der Waals surface area contributed by atoms with Crippen LogP contribution >= 0.6 is 15.9 Å². The van der Waals surface area contributed by atoms with E-state index in [1.165, 1.54) is 6.07 Å². The van der Waals surface area contributed by atoms with E-state index in [4.69, 9.17) is 0 Å². The third-order valence-corrected chi connectivity index (χ3v) is 3.38. The highest BCUT2D eigenvalue weighted by Crippen LogP contribution is 2.18. The van der Waals surface area contributed by atoms with Crippen LogP contribution in [0, 0.1) is 11.7 Å². The molecule has 0 spiro atoms. The second-order valence-corrected chi connectivity index (χ2v) is 6.09. The molecule has 0 aliphatic heterocycles. The summed E-state index contributed by atoms with van der Waals surface area (Å²) >= 11 is 3.32. The van der Waals surface area contributed by atoms with E-state index in [0.717, 1.165) is 23.0 Å². The van der Waals surface area contributed by atoms with Crippen LogP contribution in [0.1, 0.15) is 32.8 Å². The van der Waals surface area contributed by atoms with Crippen LogP contribution in [0.3, 0.4) is 0 Å². The first-order valence-electron chi connectivity index (χ1n) is 6.03. The Morgan fingerprint density at radius 2 is 1.88 bits per heavy atom. The third kappa shape index (κ3) is 5.17. The smallest absolute Gasteiger partial charge is 0.124 e. The first-order valence-corrected chi connectivity index (χ1v) is 6.83. The maximum absolute atomic E-state index is 13.2. The number of halogens is 2. The van der Waals surface area contributed by atoms with E-state index in [-0.39, 0.29) is 5.82 Å². The third-order valence-electron chi connectivity index (χ3n) is 2.92. The molecule has 1 rings (SSSR count). The molecular weight excluding hydrogens is 281 g/mol. The van der Waals surface area contributed by atoms with Gasteiger partial charge >= 0.3 is 0 Å². The summed E-state index contributed by atoms with van der Waals surface area (Å²) < 4.78 is 14.0. The zero-order valence-corrected chi connectivity index (χ0v) is 12.6. The van der Waals surface area contributed by atoms with Crippen LogP contribution in [-0.4, -0.2) is 18.0 Å². The molecule has 0 saturated heterocycles. The number of nitrogens with zero attached hydrogens (tertiary/aromatic N) is 1. The van der Waals surface area contributed by atoms with Gasteiger partial charge in [-0.1, -0.05) is 29.8 Å². The summed E-state index contributed by atoms with van der Waals surface area (Å²) in [6, 6.07) is 5.57. The fourth-order valence-corrected chi connectivity index (χ4v) is 2.52. The van der Waals surface area contributed by atoms with Gasteiger partial charge in [0.1, 0.15) is 5.82 Å². The van der Waals surface area contributed by atoms with Crippen molar-refractivity contribution < 1.29 is 4.39 Å². The van der Waals surface area contributed by atoms with Crippen molar-refractivity contribution in [3.8, 4) is 0 Å². The van der Waals surface area contributed by atoms with E-state index in [0.29, 0.717) is 12.0 Å². The lowest BCUT2D eigenvalue weighted by atomic mass is 10.0. The van der Waals surface area contributed by atoms with Crippen molar-refractivity contribution in [2.24, 2.45) is 5.92 Å². The fourth-order valence-electron chi connectivity index (χ4n) is 2.01. The zero-order chi connectivity index (χ0) is 13.0.